The standard InChI is InChI=1S/C10H14N4O/c11-10(12)6-9(15)14(13-10)7-8-4-2-1-3-5-8/h1-5,13H,6-7,11-12H2. The number of rotatable bonds is 2. The van der Waals surface area contributed by atoms with E-state index in [0.717, 1.165) is 5.56 Å². The molecule has 0 aliphatic carbocycles. The Morgan fingerprint density at radius 2 is 2.00 bits per heavy atom. The normalized spacial score (nSPS) is 19.6. The Labute approximate surface area is 88.0 Å². The van der Waals surface area contributed by atoms with Crippen molar-refractivity contribution in [2.24, 2.45) is 11.5 Å². The summed E-state index contributed by atoms with van der Waals surface area (Å²) in [5.74, 6) is -1.19. The van der Waals surface area contributed by atoms with Gasteiger partial charge in [0.25, 0.3) is 0 Å². The SMILES string of the molecule is NC1(N)CC(=O)N(Cc2ccccc2)N1. The minimum atomic E-state index is -1.11. The number of nitrogens with two attached hydrogens (primary N) is 2. The fourth-order valence-corrected chi connectivity index (χ4v) is 1.59. The second kappa shape index (κ2) is 3.62. The molecular formula is C10H14N4O. The van der Waals surface area contributed by atoms with Crippen molar-refractivity contribution in [3.63, 3.8) is 0 Å². The highest BCUT2D eigenvalue weighted by atomic mass is 16.2. The number of hydrogen-bond donors (Lipinski definition) is 3. The van der Waals surface area contributed by atoms with Gasteiger partial charge in [-0.05, 0) is 5.56 Å². The molecule has 1 amide bonds. The predicted octanol–water partition coefficient (Wildman–Crippen LogP) is -0.505. The van der Waals surface area contributed by atoms with Crippen LogP contribution >= 0.6 is 0 Å². The summed E-state index contributed by atoms with van der Waals surface area (Å²) in [7, 11) is 0. The summed E-state index contributed by atoms with van der Waals surface area (Å²) in [5.41, 5.74) is 15.0. The van der Waals surface area contributed by atoms with Crippen molar-refractivity contribution in [3.8, 4) is 0 Å². The quantitative estimate of drug-likeness (QED) is 0.569. The Morgan fingerprint density at radius 3 is 2.53 bits per heavy atom. The Kier molecular flexibility index (Phi) is 2.44. The summed E-state index contributed by atoms with van der Waals surface area (Å²) in [6.07, 6.45) is 0.125. The van der Waals surface area contributed by atoms with Gasteiger partial charge in [0.15, 0.2) is 0 Å². The van der Waals surface area contributed by atoms with Crippen molar-refractivity contribution in [1.82, 2.24) is 10.4 Å². The van der Waals surface area contributed by atoms with Crippen LogP contribution in [0.2, 0.25) is 0 Å². The van der Waals surface area contributed by atoms with Crippen LogP contribution in [0, 0.1) is 0 Å². The first-order chi connectivity index (χ1) is 7.07. The average Bonchev–Trinajstić information content (AvgIpc) is 2.41. The maximum atomic E-state index is 11.5. The van der Waals surface area contributed by atoms with Crippen LogP contribution in [-0.2, 0) is 11.3 Å². The third kappa shape index (κ3) is 2.33. The molecule has 1 aliphatic heterocycles. The molecule has 2 rings (SSSR count). The van der Waals surface area contributed by atoms with Crippen molar-refractivity contribution in [1.29, 1.82) is 0 Å². The van der Waals surface area contributed by atoms with Crippen LogP contribution in [0.25, 0.3) is 0 Å². The van der Waals surface area contributed by atoms with Crippen LogP contribution in [0.1, 0.15) is 12.0 Å². The Hall–Kier alpha value is -1.43. The molecule has 0 unspecified atom stereocenters. The lowest BCUT2D eigenvalue weighted by Gasteiger charge is -2.21. The monoisotopic (exact) mass is 206 g/mol. The number of carbonyl (C=O) groups is 1. The molecule has 1 aromatic rings. The molecule has 80 valence electrons. The van der Waals surface area contributed by atoms with E-state index in [1.165, 1.54) is 5.01 Å². The van der Waals surface area contributed by atoms with Gasteiger partial charge >= 0.3 is 0 Å². The lowest BCUT2D eigenvalue weighted by atomic mass is 10.2. The van der Waals surface area contributed by atoms with E-state index in [2.05, 4.69) is 5.43 Å². The van der Waals surface area contributed by atoms with Gasteiger partial charge in [0, 0.05) is 0 Å². The van der Waals surface area contributed by atoms with E-state index in [1.807, 2.05) is 30.3 Å². The zero-order chi connectivity index (χ0) is 10.9. The van der Waals surface area contributed by atoms with Gasteiger partial charge < -0.3 is 0 Å². The molecule has 1 saturated heterocycles. The molecule has 0 radical (unpaired) electrons. The summed E-state index contributed by atoms with van der Waals surface area (Å²) >= 11 is 0. The second-order valence-electron chi connectivity index (χ2n) is 3.79. The van der Waals surface area contributed by atoms with E-state index in [-0.39, 0.29) is 12.3 Å². The first-order valence-electron chi connectivity index (χ1n) is 4.77. The van der Waals surface area contributed by atoms with Gasteiger partial charge in [-0.25, -0.2) is 0 Å². The molecular weight excluding hydrogens is 192 g/mol. The summed E-state index contributed by atoms with van der Waals surface area (Å²) < 4.78 is 0. The maximum Gasteiger partial charge on any atom is 0.241 e. The van der Waals surface area contributed by atoms with E-state index in [9.17, 15) is 4.79 Å². The third-order valence-electron chi connectivity index (χ3n) is 2.27. The number of benzene rings is 1. The van der Waals surface area contributed by atoms with Gasteiger partial charge in [0.1, 0.15) is 5.79 Å². The largest absolute Gasteiger partial charge is 0.299 e. The molecule has 0 aromatic heterocycles. The number of hydrogen-bond acceptors (Lipinski definition) is 4. The lowest BCUT2D eigenvalue weighted by molar-refractivity contribution is -0.130. The molecule has 5 N–H and O–H groups in total. The van der Waals surface area contributed by atoms with Gasteiger partial charge in [-0.2, -0.15) is 5.43 Å². The number of nitrogens with zero attached hydrogens (tertiary/aromatic N) is 1. The molecule has 0 saturated carbocycles. The van der Waals surface area contributed by atoms with E-state index < -0.39 is 5.79 Å². The Balaban J connectivity index is 2.05. The second-order valence-corrected chi connectivity index (χ2v) is 3.79. The van der Waals surface area contributed by atoms with Crippen LogP contribution in [0.15, 0.2) is 30.3 Å². The van der Waals surface area contributed by atoms with Crippen LogP contribution in [-0.4, -0.2) is 16.7 Å². The van der Waals surface area contributed by atoms with Gasteiger partial charge in [0.2, 0.25) is 5.91 Å². The van der Waals surface area contributed by atoms with Crippen molar-refractivity contribution in [2.75, 3.05) is 0 Å². The fourth-order valence-electron chi connectivity index (χ4n) is 1.59. The number of nitrogens with one attached hydrogen (secondary N) is 1. The number of amides is 1. The molecule has 1 fully saturated rings. The molecule has 0 atom stereocenters. The topological polar surface area (TPSA) is 84.4 Å². The minimum absolute atomic E-state index is 0.0798. The van der Waals surface area contributed by atoms with Crippen LogP contribution in [0.5, 0.6) is 0 Å². The van der Waals surface area contributed by atoms with Crippen molar-refractivity contribution in [3.05, 3.63) is 35.9 Å². The van der Waals surface area contributed by atoms with Crippen LogP contribution < -0.4 is 16.9 Å². The minimum Gasteiger partial charge on any atom is -0.299 e. The van der Waals surface area contributed by atoms with Gasteiger partial charge in [-0.3, -0.25) is 21.3 Å². The summed E-state index contributed by atoms with van der Waals surface area (Å²) in [4.78, 5) is 11.5. The molecule has 0 bridgehead atoms. The third-order valence-corrected chi connectivity index (χ3v) is 2.27. The maximum absolute atomic E-state index is 11.5. The smallest absolute Gasteiger partial charge is 0.241 e. The molecule has 1 aromatic carbocycles. The molecule has 1 aliphatic rings. The van der Waals surface area contributed by atoms with Crippen molar-refractivity contribution >= 4 is 5.91 Å². The average molecular weight is 206 g/mol. The summed E-state index contributed by atoms with van der Waals surface area (Å²) in [6, 6.07) is 9.67. The van der Waals surface area contributed by atoms with E-state index >= 15 is 0 Å². The zero-order valence-corrected chi connectivity index (χ0v) is 8.31. The number of hydrazine groups is 1. The molecule has 0 spiro atoms. The molecule has 1 heterocycles. The fraction of sp³-hybridized carbons (Fsp3) is 0.300. The van der Waals surface area contributed by atoms with Crippen LogP contribution in [0.3, 0.4) is 0 Å². The van der Waals surface area contributed by atoms with E-state index in [4.69, 9.17) is 11.5 Å². The Morgan fingerprint density at radius 1 is 1.33 bits per heavy atom. The summed E-state index contributed by atoms with van der Waals surface area (Å²) in [6.45, 7) is 0.482. The number of carbonyl (C=O) groups excluding carboxylic acids is 1. The highest BCUT2D eigenvalue weighted by molar-refractivity contribution is 5.78. The van der Waals surface area contributed by atoms with Crippen molar-refractivity contribution < 1.29 is 4.79 Å². The molecule has 15 heavy (non-hydrogen) atoms. The lowest BCUT2D eigenvalue weighted by Crippen LogP contribution is -2.59. The Bertz CT molecular complexity index is 363. The highest BCUT2D eigenvalue weighted by Gasteiger charge is 2.36. The van der Waals surface area contributed by atoms with Gasteiger partial charge in [-0.1, -0.05) is 30.3 Å². The van der Waals surface area contributed by atoms with E-state index in [0.29, 0.717) is 6.54 Å². The van der Waals surface area contributed by atoms with Gasteiger partial charge in [-0.15, -0.1) is 0 Å². The van der Waals surface area contributed by atoms with E-state index in [1.54, 1.807) is 0 Å². The first-order valence-corrected chi connectivity index (χ1v) is 4.77. The van der Waals surface area contributed by atoms with Crippen molar-refractivity contribution in [2.45, 2.75) is 18.8 Å². The predicted molar refractivity (Wildman–Crippen MR) is 55.9 cm³/mol. The molecule has 5 heteroatoms. The van der Waals surface area contributed by atoms with Crippen LogP contribution in [0.4, 0.5) is 0 Å². The van der Waals surface area contributed by atoms with Gasteiger partial charge in [0.05, 0.1) is 13.0 Å². The molecule has 5 nitrogen and oxygen atoms in total. The zero-order valence-electron chi connectivity index (χ0n) is 8.31. The highest BCUT2D eigenvalue weighted by Crippen LogP contribution is 2.12. The first kappa shape index (κ1) is 10.1. The summed E-state index contributed by atoms with van der Waals surface area (Å²) in [5, 5.41) is 1.45.